The van der Waals surface area contributed by atoms with Crippen LogP contribution in [0.4, 0.5) is 0 Å². The number of Topliss-reactive ketones (excluding diaryl/α,β-unsaturated/α-hetero) is 1. The third kappa shape index (κ3) is 4.25. The van der Waals surface area contributed by atoms with Gasteiger partial charge in [-0.2, -0.15) is 0 Å². The molecule has 0 radical (unpaired) electrons. The Balaban J connectivity index is 1.99. The number of hydrogen-bond acceptors (Lipinski definition) is 6. The van der Waals surface area contributed by atoms with Gasteiger partial charge < -0.3 is 18.9 Å². The third-order valence-corrected chi connectivity index (χ3v) is 4.25. The molecule has 0 spiro atoms. The molecule has 0 aromatic heterocycles. The number of esters is 1. The normalized spacial score (nSPS) is 33.1. The van der Waals surface area contributed by atoms with E-state index < -0.39 is 0 Å². The minimum absolute atomic E-state index is 0.0447. The van der Waals surface area contributed by atoms with Crippen LogP contribution in [0.15, 0.2) is 0 Å². The summed E-state index contributed by atoms with van der Waals surface area (Å²) in [6.45, 7) is 1.09. The van der Waals surface area contributed by atoms with Gasteiger partial charge in [0.25, 0.3) is 0 Å². The zero-order chi connectivity index (χ0) is 15.2. The molecule has 6 heteroatoms. The van der Waals surface area contributed by atoms with Gasteiger partial charge in [-0.15, -0.1) is 0 Å². The van der Waals surface area contributed by atoms with Crippen LogP contribution in [0.25, 0.3) is 0 Å². The average molecular weight is 300 g/mol. The Hall–Kier alpha value is -0.980. The van der Waals surface area contributed by atoms with Gasteiger partial charge in [-0.25, -0.2) is 0 Å². The van der Waals surface area contributed by atoms with E-state index in [9.17, 15) is 9.59 Å². The Morgan fingerprint density at radius 3 is 2.76 bits per heavy atom. The van der Waals surface area contributed by atoms with E-state index in [-0.39, 0.29) is 42.4 Å². The maximum absolute atomic E-state index is 12.2. The van der Waals surface area contributed by atoms with Crippen molar-refractivity contribution in [3.05, 3.63) is 0 Å². The Labute approximate surface area is 125 Å². The van der Waals surface area contributed by atoms with E-state index in [4.69, 9.17) is 14.2 Å². The molecule has 120 valence electrons. The van der Waals surface area contributed by atoms with Gasteiger partial charge in [-0.05, 0) is 19.3 Å². The standard InChI is InChI=1S/C15H24O6/c1-18-9-11-10(7-14(17)19-2)12(16)8-13(11)21-15-5-3-4-6-20-15/h10-11,13,15H,3-9H2,1-2H3/t10-,11-,13?,15?/m1/s1. The molecule has 2 fully saturated rings. The highest BCUT2D eigenvalue weighted by molar-refractivity contribution is 5.88. The van der Waals surface area contributed by atoms with Gasteiger partial charge in [0, 0.05) is 32.0 Å². The van der Waals surface area contributed by atoms with Gasteiger partial charge in [-0.1, -0.05) is 0 Å². The summed E-state index contributed by atoms with van der Waals surface area (Å²) >= 11 is 0. The first-order valence-electron chi connectivity index (χ1n) is 7.51. The van der Waals surface area contributed by atoms with E-state index in [1.165, 1.54) is 7.11 Å². The molecule has 0 bridgehead atoms. The van der Waals surface area contributed by atoms with Crippen LogP contribution in [0.3, 0.4) is 0 Å². The number of ketones is 1. The molecular formula is C15H24O6. The summed E-state index contributed by atoms with van der Waals surface area (Å²) in [7, 11) is 2.92. The number of carbonyl (C=O) groups is 2. The number of hydrogen-bond donors (Lipinski definition) is 0. The van der Waals surface area contributed by atoms with Crippen LogP contribution in [0, 0.1) is 11.8 Å². The zero-order valence-electron chi connectivity index (χ0n) is 12.7. The lowest BCUT2D eigenvalue weighted by molar-refractivity contribution is -0.198. The molecule has 6 nitrogen and oxygen atoms in total. The lowest BCUT2D eigenvalue weighted by atomic mass is 9.92. The molecule has 2 unspecified atom stereocenters. The van der Waals surface area contributed by atoms with Gasteiger partial charge in [0.05, 0.1) is 26.2 Å². The summed E-state index contributed by atoms with van der Waals surface area (Å²) < 4.78 is 21.4. The molecule has 1 aliphatic carbocycles. The van der Waals surface area contributed by atoms with Crippen molar-refractivity contribution >= 4 is 11.8 Å². The SMILES string of the molecule is COC[C@H]1C(OC2CCCCO2)CC(=O)[C@@H]1CC(=O)OC. The minimum Gasteiger partial charge on any atom is -0.469 e. The number of carbonyl (C=O) groups excluding carboxylic acids is 2. The highest BCUT2D eigenvalue weighted by Gasteiger charge is 2.45. The van der Waals surface area contributed by atoms with Gasteiger partial charge in [0.2, 0.25) is 0 Å². The Bertz CT molecular complexity index is 363. The van der Waals surface area contributed by atoms with Crippen LogP contribution in [-0.4, -0.2) is 51.6 Å². The van der Waals surface area contributed by atoms with Gasteiger partial charge in [-0.3, -0.25) is 9.59 Å². The molecule has 0 aromatic carbocycles. The quantitative estimate of drug-likeness (QED) is 0.689. The minimum atomic E-state index is -0.383. The highest BCUT2D eigenvalue weighted by atomic mass is 16.7. The largest absolute Gasteiger partial charge is 0.469 e. The van der Waals surface area contributed by atoms with Crippen molar-refractivity contribution < 1.29 is 28.5 Å². The summed E-state index contributed by atoms with van der Waals surface area (Å²) in [6, 6.07) is 0. The van der Waals surface area contributed by atoms with Crippen molar-refractivity contribution in [2.75, 3.05) is 27.4 Å². The van der Waals surface area contributed by atoms with E-state index in [0.717, 1.165) is 19.3 Å². The first kappa shape index (κ1) is 16.4. The molecule has 0 aromatic rings. The summed E-state index contributed by atoms with van der Waals surface area (Å²) in [5.41, 5.74) is 0. The van der Waals surface area contributed by atoms with E-state index in [1.807, 2.05) is 0 Å². The predicted octanol–water partition coefficient (Wildman–Crippen LogP) is 1.31. The van der Waals surface area contributed by atoms with Crippen molar-refractivity contribution in [2.24, 2.45) is 11.8 Å². The summed E-state index contributed by atoms with van der Waals surface area (Å²) in [5.74, 6) is -0.828. The second kappa shape index (κ2) is 7.87. The molecule has 21 heavy (non-hydrogen) atoms. The lowest BCUT2D eigenvalue weighted by Gasteiger charge is -2.29. The van der Waals surface area contributed by atoms with E-state index in [1.54, 1.807) is 7.11 Å². The van der Waals surface area contributed by atoms with Gasteiger partial charge in [0.1, 0.15) is 5.78 Å². The van der Waals surface area contributed by atoms with Crippen LogP contribution in [0.5, 0.6) is 0 Å². The number of methoxy groups -OCH3 is 2. The Morgan fingerprint density at radius 2 is 2.14 bits per heavy atom. The molecule has 2 aliphatic rings. The third-order valence-electron chi connectivity index (χ3n) is 4.25. The van der Waals surface area contributed by atoms with Gasteiger partial charge >= 0.3 is 5.97 Å². The fourth-order valence-electron chi connectivity index (χ4n) is 3.11. The number of ether oxygens (including phenoxy) is 4. The van der Waals surface area contributed by atoms with Crippen LogP contribution in [0.1, 0.15) is 32.1 Å². The smallest absolute Gasteiger partial charge is 0.306 e. The highest BCUT2D eigenvalue weighted by Crippen LogP contribution is 2.35. The van der Waals surface area contributed by atoms with Crippen LogP contribution in [0.2, 0.25) is 0 Å². The molecule has 1 saturated heterocycles. The molecule has 2 rings (SSSR count). The topological polar surface area (TPSA) is 71.1 Å². The molecule has 0 N–H and O–H groups in total. The van der Waals surface area contributed by atoms with Crippen LogP contribution < -0.4 is 0 Å². The molecule has 1 aliphatic heterocycles. The van der Waals surface area contributed by atoms with Crippen molar-refractivity contribution in [3.8, 4) is 0 Å². The maximum atomic E-state index is 12.2. The molecule has 1 heterocycles. The molecule has 4 atom stereocenters. The Kier molecular flexibility index (Phi) is 6.14. The van der Waals surface area contributed by atoms with Crippen molar-refractivity contribution in [2.45, 2.75) is 44.5 Å². The van der Waals surface area contributed by atoms with Crippen molar-refractivity contribution in [1.29, 1.82) is 0 Å². The van der Waals surface area contributed by atoms with Crippen LogP contribution >= 0.6 is 0 Å². The number of rotatable bonds is 6. The fraction of sp³-hybridized carbons (Fsp3) is 0.867. The molecule has 0 amide bonds. The van der Waals surface area contributed by atoms with E-state index in [0.29, 0.717) is 19.6 Å². The second-order valence-electron chi connectivity index (χ2n) is 5.65. The van der Waals surface area contributed by atoms with Crippen LogP contribution in [-0.2, 0) is 28.5 Å². The first-order chi connectivity index (χ1) is 10.2. The van der Waals surface area contributed by atoms with Gasteiger partial charge in [0.15, 0.2) is 6.29 Å². The monoisotopic (exact) mass is 300 g/mol. The fourth-order valence-corrected chi connectivity index (χ4v) is 3.11. The summed E-state index contributed by atoms with van der Waals surface area (Å²) in [4.78, 5) is 23.7. The van der Waals surface area contributed by atoms with Crippen molar-refractivity contribution in [3.63, 3.8) is 0 Å². The van der Waals surface area contributed by atoms with E-state index in [2.05, 4.69) is 4.74 Å². The first-order valence-corrected chi connectivity index (χ1v) is 7.51. The van der Waals surface area contributed by atoms with Crippen molar-refractivity contribution in [1.82, 2.24) is 0 Å². The molecular weight excluding hydrogens is 276 g/mol. The second-order valence-corrected chi connectivity index (χ2v) is 5.65. The van der Waals surface area contributed by atoms with E-state index >= 15 is 0 Å². The maximum Gasteiger partial charge on any atom is 0.306 e. The summed E-state index contributed by atoms with van der Waals surface area (Å²) in [5, 5.41) is 0. The predicted molar refractivity (Wildman–Crippen MR) is 73.6 cm³/mol. The lowest BCUT2D eigenvalue weighted by Crippen LogP contribution is -2.34. The summed E-state index contributed by atoms with van der Waals surface area (Å²) in [6.07, 6.45) is 2.90. The average Bonchev–Trinajstić information content (AvgIpc) is 2.77. The zero-order valence-corrected chi connectivity index (χ0v) is 12.7. The molecule has 1 saturated carbocycles. The Morgan fingerprint density at radius 1 is 1.33 bits per heavy atom.